The van der Waals surface area contributed by atoms with Gasteiger partial charge in [-0.25, -0.2) is 4.79 Å². The van der Waals surface area contributed by atoms with Crippen LogP contribution >= 0.6 is 0 Å². The van der Waals surface area contributed by atoms with Crippen molar-refractivity contribution in [3.63, 3.8) is 0 Å². The van der Waals surface area contributed by atoms with Gasteiger partial charge in [-0.05, 0) is 50.2 Å². The number of esters is 1. The smallest absolute Gasteiger partial charge is 0.338 e. The van der Waals surface area contributed by atoms with Crippen LogP contribution < -0.4 is 16.2 Å². The normalized spacial score (nSPS) is 9.24. The highest BCUT2D eigenvalue weighted by atomic mass is 16.5. The summed E-state index contributed by atoms with van der Waals surface area (Å²) in [4.78, 5) is 11.0. The van der Waals surface area contributed by atoms with E-state index in [4.69, 9.17) is 16.2 Å². The Bertz CT molecular complexity index is 581. The molecule has 4 heteroatoms. The highest BCUT2D eigenvalue weighted by Gasteiger charge is 2.03. The van der Waals surface area contributed by atoms with Crippen LogP contribution in [0.25, 0.3) is 0 Å². The first-order valence-electron chi connectivity index (χ1n) is 6.44. The lowest BCUT2D eigenvalue weighted by Gasteiger charge is -2.02. The summed E-state index contributed by atoms with van der Waals surface area (Å²) >= 11 is 0. The second-order valence-corrected chi connectivity index (χ2v) is 4.65. The van der Waals surface area contributed by atoms with Crippen molar-refractivity contribution in [2.75, 3.05) is 11.5 Å². The number of hydrogen-bond donors (Lipinski definition) is 2. The summed E-state index contributed by atoms with van der Waals surface area (Å²) in [5.41, 5.74) is 14.0. The van der Waals surface area contributed by atoms with E-state index in [0.717, 1.165) is 5.69 Å². The molecule has 0 aliphatic carbocycles. The van der Waals surface area contributed by atoms with Gasteiger partial charge in [-0.1, -0.05) is 24.3 Å². The molecule has 0 atom stereocenters. The van der Waals surface area contributed by atoms with E-state index in [9.17, 15) is 4.79 Å². The van der Waals surface area contributed by atoms with Crippen LogP contribution in [0.3, 0.4) is 0 Å². The van der Waals surface area contributed by atoms with Crippen molar-refractivity contribution in [1.29, 1.82) is 0 Å². The van der Waals surface area contributed by atoms with Gasteiger partial charge in [-0.15, -0.1) is 0 Å². The molecule has 0 heterocycles. The number of carbonyl (C=O) groups excluding carboxylic acids is 1. The zero-order valence-electron chi connectivity index (χ0n) is 12.3. The number of anilines is 2. The summed E-state index contributed by atoms with van der Waals surface area (Å²) < 4.78 is 4.94. The van der Waals surface area contributed by atoms with Gasteiger partial charge in [0.05, 0.1) is 0 Å². The van der Waals surface area contributed by atoms with E-state index in [0.29, 0.717) is 17.0 Å². The summed E-state index contributed by atoms with van der Waals surface area (Å²) in [5, 5.41) is 0. The summed E-state index contributed by atoms with van der Waals surface area (Å²) in [6.45, 7) is 7.11. The van der Waals surface area contributed by atoms with Crippen molar-refractivity contribution in [3.05, 3.63) is 66.2 Å². The van der Waals surface area contributed by atoms with Crippen LogP contribution in [-0.4, -0.2) is 5.97 Å². The first-order valence-corrected chi connectivity index (χ1v) is 6.44. The van der Waals surface area contributed by atoms with Crippen LogP contribution in [-0.2, 0) is 4.79 Å². The van der Waals surface area contributed by atoms with Gasteiger partial charge in [0.2, 0.25) is 0 Å². The van der Waals surface area contributed by atoms with E-state index in [1.165, 1.54) is 5.56 Å². The summed E-state index contributed by atoms with van der Waals surface area (Å²) in [5.74, 6) is 0.0481. The minimum absolute atomic E-state index is 0.372. The standard InChI is InChI=1S/C10H11NO2.C7H9N/c1-7(2)10(12)13-9-5-3-8(11)4-6-9;1-6-2-4-7(8)5-3-6/h3-6H,1,11H2,2H3;2-5H,8H2,1H3. The number of hydrogen-bond acceptors (Lipinski definition) is 4. The van der Waals surface area contributed by atoms with E-state index >= 15 is 0 Å². The molecule has 0 saturated carbocycles. The zero-order chi connectivity index (χ0) is 15.8. The molecular formula is C17H20N2O2. The number of aryl methyl sites for hydroxylation is 1. The molecule has 110 valence electrons. The van der Waals surface area contributed by atoms with Gasteiger partial charge < -0.3 is 16.2 Å². The van der Waals surface area contributed by atoms with Crippen molar-refractivity contribution in [2.45, 2.75) is 13.8 Å². The Morgan fingerprint density at radius 1 is 0.952 bits per heavy atom. The van der Waals surface area contributed by atoms with Gasteiger partial charge in [0.25, 0.3) is 0 Å². The SMILES string of the molecule is C=C(C)C(=O)Oc1ccc(N)cc1.Cc1ccc(N)cc1. The van der Waals surface area contributed by atoms with Gasteiger partial charge in [0.1, 0.15) is 5.75 Å². The molecule has 4 N–H and O–H groups in total. The molecular weight excluding hydrogens is 264 g/mol. The largest absolute Gasteiger partial charge is 0.423 e. The average Bonchev–Trinajstić information content (AvgIpc) is 2.45. The molecule has 0 radical (unpaired) electrons. The number of carbonyl (C=O) groups is 1. The monoisotopic (exact) mass is 284 g/mol. The molecule has 0 bridgehead atoms. The van der Waals surface area contributed by atoms with Crippen molar-refractivity contribution in [1.82, 2.24) is 0 Å². The van der Waals surface area contributed by atoms with Crippen molar-refractivity contribution in [3.8, 4) is 5.75 Å². The minimum Gasteiger partial charge on any atom is -0.423 e. The van der Waals surface area contributed by atoms with Crippen LogP contribution in [0.15, 0.2) is 60.7 Å². The van der Waals surface area contributed by atoms with Crippen molar-refractivity contribution in [2.24, 2.45) is 0 Å². The van der Waals surface area contributed by atoms with Crippen molar-refractivity contribution >= 4 is 17.3 Å². The number of nitrogen functional groups attached to an aromatic ring is 2. The Hall–Kier alpha value is -2.75. The molecule has 0 aliphatic heterocycles. The fraction of sp³-hybridized carbons (Fsp3) is 0.118. The lowest BCUT2D eigenvalue weighted by molar-refractivity contribution is -0.130. The number of nitrogens with two attached hydrogens (primary N) is 2. The summed E-state index contributed by atoms with van der Waals surface area (Å²) in [6.07, 6.45) is 0. The molecule has 0 aliphatic rings. The second-order valence-electron chi connectivity index (χ2n) is 4.65. The van der Waals surface area contributed by atoms with Crippen LogP contribution in [0.1, 0.15) is 12.5 Å². The average molecular weight is 284 g/mol. The maximum Gasteiger partial charge on any atom is 0.338 e. The van der Waals surface area contributed by atoms with Gasteiger partial charge in [-0.2, -0.15) is 0 Å². The maximum atomic E-state index is 11.0. The fourth-order valence-corrected chi connectivity index (χ4v) is 1.30. The van der Waals surface area contributed by atoms with E-state index in [1.807, 2.05) is 31.2 Å². The molecule has 4 nitrogen and oxygen atoms in total. The molecule has 0 spiro atoms. The van der Waals surface area contributed by atoms with Crippen LogP contribution in [0.2, 0.25) is 0 Å². The van der Waals surface area contributed by atoms with Crippen LogP contribution in [0, 0.1) is 6.92 Å². The Morgan fingerprint density at radius 3 is 1.76 bits per heavy atom. The molecule has 2 aromatic rings. The van der Waals surface area contributed by atoms with E-state index in [1.54, 1.807) is 31.2 Å². The molecule has 0 unspecified atom stereocenters. The molecule has 0 amide bonds. The summed E-state index contributed by atoms with van der Waals surface area (Å²) in [6, 6.07) is 14.4. The number of rotatable bonds is 2. The van der Waals surface area contributed by atoms with Crippen LogP contribution in [0.4, 0.5) is 11.4 Å². The highest BCUT2D eigenvalue weighted by molar-refractivity contribution is 5.88. The molecule has 2 rings (SSSR count). The lowest BCUT2D eigenvalue weighted by Crippen LogP contribution is -2.07. The van der Waals surface area contributed by atoms with E-state index < -0.39 is 5.97 Å². The second kappa shape index (κ2) is 7.75. The third-order valence-corrected chi connectivity index (χ3v) is 2.52. The van der Waals surface area contributed by atoms with Gasteiger partial charge in [0.15, 0.2) is 0 Å². The zero-order valence-corrected chi connectivity index (χ0v) is 12.3. The van der Waals surface area contributed by atoms with Gasteiger partial charge in [0, 0.05) is 16.9 Å². The number of ether oxygens (including phenoxy) is 1. The Labute approximate surface area is 125 Å². The molecule has 2 aromatic carbocycles. The third kappa shape index (κ3) is 6.29. The Morgan fingerprint density at radius 2 is 1.38 bits per heavy atom. The predicted molar refractivity (Wildman–Crippen MR) is 86.9 cm³/mol. The van der Waals surface area contributed by atoms with Gasteiger partial charge in [-0.3, -0.25) is 0 Å². The lowest BCUT2D eigenvalue weighted by atomic mass is 10.2. The molecule has 0 saturated heterocycles. The topological polar surface area (TPSA) is 78.3 Å². The predicted octanol–water partition coefficient (Wildman–Crippen LogP) is 3.33. The molecule has 0 fully saturated rings. The maximum absolute atomic E-state index is 11.0. The first-order chi connectivity index (χ1) is 9.88. The molecule has 21 heavy (non-hydrogen) atoms. The third-order valence-electron chi connectivity index (χ3n) is 2.52. The van der Waals surface area contributed by atoms with Crippen molar-refractivity contribution < 1.29 is 9.53 Å². The molecule has 0 aromatic heterocycles. The van der Waals surface area contributed by atoms with E-state index in [2.05, 4.69) is 6.58 Å². The number of benzene rings is 2. The Kier molecular flexibility index (Phi) is 6.01. The summed E-state index contributed by atoms with van der Waals surface area (Å²) in [7, 11) is 0. The highest BCUT2D eigenvalue weighted by Crippen LogP contribution is 2.14. The van der Waals surface area contributed by atoms with Crippen LogP contribution in [0.5, 0.6) is 5.75 Å². The quantitative estimate of drug-likeness (QED) is 0.384. The Balaban J connectivity index is 0.000000235. The first kappa shape index (κ1) is 16.3. The fourth-order valence-electron chi connectivity index (χ4n) is 1.30. The van der Waals surface area contributed by atoms with E-state index in [-0.39, 0.29) is 0 Å². The minimum atomic E-state index is -0.426. The van der Waals surface area contributed by atoms with Gasteiger partial charge >= 0.3 is 5.97 Å².